The number of hydrogen-bond acceptors (Lipinski definition) is 4. The van der Waals surface area contributed by atoms with Gasteiger partial charge in [0, 0.05) is 13.0 Å². The summed E-state index contributed by atoms with van der Waals surface area (Å²) < 4.78 is 5.37. The predicted octanol–water partition coefficient (Wildman–Crippen LogP) is 0.236. The minimum absolute atomic E-state index is 0.124. The zero-order chi connectivity index (χ0) is 14.4. The van der Waals surface area contributed by atoms with Gasteiger partial charge in [-0.3, -0.25) is 9.59 Å². The van der Waals surface area contributed by atoms with Gasteiger partial charge in [-0.25, -0.2) is 4.79 Å². The Kier molecular flexibility index (Phi) is 5.75. The lowest BCUT2D eigenvalue weighted by molar-refractivity contribution is -0.144. The number of carboxylic acid groups (broad SMARTS) is 2. The van der Waals surface area contributed by atoms with Crippen molar-refractivity contribution in [3.63, 3.8) is 0 Å². The highest BCUT2D eigenvalue weighted by molar-refractivity contribution is 5.85. The SMILES string of the molecule is CCC1OCCC1C(=O)NC(CCC(=O)O)C(=O)O. The smallest absolute Gasteiger partial charge is 0.326 e. The van der Waals surface area contributed by atoms with E-state index in [9.17, 15) is 14.4 Å². The molecule has 0 aromatic heterocycles. The molecule has 0 saturated carbocycles. The van der Waals surface area contributed by atoms with Crippen LogP contribution in [0.3, 0.4) is 0 Å². The largest absolute Gasteiger partial charge is 0.481 e. The Hall–Kier alpha value is -1.63. The molecule has 3 atom stereocenters. The van der Waals surface area contributed by atoms with Crippen LogP contribution in [0.5, 0.6) is 0 Å². The molecule has 7 heteroatoms. The molecule has 0 aliphatic carbocycles. The minimum Gasteiger partial charge on any atom is -0.481 e. The fourth-order valence-electron chi connectivity index (χ4n) is 2.15. The van der Waals surface area contributed by atoms with E-state index < -0.39 is 18.0 Å². The Balaban J connectivity index is 2.55. The summed E-state index contributed by atoms with van der Waals surface area (Å²) in [4.78, 5) is 33.4. The lowest BCUT2D eigenvalue weighted by Gasteiger charge is -2.19. The van der Waals surface area contributed by atoms with Crippen molar-refractivity contribution in [2.24, 2.45) is 5.92 Å². The fourth-order valence-corrected chi connectivity index (χ4v) is 2.15. The quantitative estimate of drug-likeness (QED) is 0.612. The summed E-state index contributed by atoms with van der Waals surface area (Å²) in [6, 6.07) is -1.17. The van der Waals surface area contributed by atoms with Crippen molar-refractivity contribution in [1.29, 1.82) is 0 Å². The third kappa shape index (κ3) is 4.51. The van der Waals surface area contributed by atoms with Gasteiger partial charge in [-0.05, 0) is 19.3 Å². The zero-order valence-corrected chi connectivity index (χ0v) is 10.8. The Morgan fingerprint density at radius 2 is 2.05 bits per heavy atom. The van der Waals surface area contributed by atoms with E-state index >= 15 is 0 Å². The van der Waals surface area contributed by atoms with E-state index in [1.165, 1.54) is 0 Å². The molecule has 0 aromatic rings. The number of hydrogen-bond donors (Lipinski definition) is 3. The highest BCUT2D eigenvalue weighted by Gasteiger charge is 2.34. The Morgan fingerprint density at radius 1 is 1.37 bits per heavy atom. The summed E-state index contributed by atoms with van der Waals surface area (Å²) in [5.74, 6) is -3.03. The molecule has 1 aliphatic heterocycles. The first-order valence-corrected chi connectivity index (χ1v) is 6.32. The number of carbonyl (C=O) groups excluding carboxylic acids is 1. The molecule has 0 aromatic carbocycles. The molecule has 1 saturated heterocycles. The Bertz CT molecular complexity index is 356. The molecular weight excluding hydrogens is 254 g/mol. The lowest BCUT2D eigenvalue weighted by atomic mass is 9.98. The average Bonchev–Trinajstić information content (AvgIpc) is 2.81. The summed E-state index contributed by atoms with van der Waals surface area (Å²) in [6.45, 7) is 2.39. The van der Waals surface area contributed by atoms with Crippen LogP contribution in [0.2, 0.25) is 0 Å². The van der Waals surface area contributed by atoms with Gasteiger partial charge in [0.2, 0.25) is 5.91 Å². The van der Waals surface area contributed by atoms with E-state index in [0.717, 1.165) is 0 Å². The van der Waals surface area contributed by atoms with Gasteiger partial charge in [-0.2, -0.15) is 0 Å². The maximum absolute atomic E-state index is 12.0. The number of nitrogens with one attached hydrogen (secondary N) is 1. The van der Waals surface area contributed by atoms with Crippen LogP contribution in [0.4, 0.5) is 0 Å². The first kappa shape index (κ1) is 15.4. The minimum atomic E-state index is -1.22. The third-order valence-corrected chi connectivity index (χ3v) is 3.21. The summed E-state index contributed by atoms with van der Waals surface area (Å²) in [7, 11) is 0. The van der Waals surface area contributed by atoms with Crippen LogP contribution in [0, 0.1) is 5.92 Å². The van der Waals surface area contributed by atoms with Gasteiger partial charge < -0.3 is 20.3 Å². The second-order valence-electron chi connectivity index (χ2n) is 4.54. The summed E-state index contributed by atoms with van der Waals surface area (Å²) in [5, 5.41) is 19.9. The highest BCUT2D eigenvalue weighted by Crippen LogP contribution is 2.23. The molecule has 108 valence electrons. The number of rotatable bonds is 7. The van der Waals surface area contributed by atoms with E-state index in [4.69, 9.17) is 14.9 Å². The van der Waals surface area contributed by atoms with Crippen molar-refractivity contribution in [3.8, 4) is 0 Å². The Morgan fingerprint density at radius 3 is 2.58 bits per heavy atom. The first-order chi connectivity index (χ1) is 8.95. The normalized spacial score (nSPS) is 23.8. The van der Waals surface area contributed by atoms with Crippen LogP contribution in [-0.4, -0.2) is 46.8 Å². The number of aliphatic carboxylic acids is 2. The zero-order valence-electron chi connectivity index (χ0n) is 10.8. The topological polar surface area (TPSA) is 113 Å². The van der Waals surface area contributed by atoms with Crippen LogP contribution in [0.25, 0.3) is 0 Å². The second kappa shape index (κ2) is 7.08. The molecule has 1 fully saturated rings. The van der Waals surface area contributed by atoms with Crippen molar-refractivity contribution < 1.29 is 29.3 Å². The number of carbonyl (C=O) groups is 3. The first-order valence-electron chi connectivity index (χ1n) is 6.32. The number of ether oxygens (including phenoxy) is 1. The van der Waals surface area contributed by atoms with Crippen molar-refractivity contribution >= 4 is 17.8 Å². The molecule has 1 heterocycles. The van der Waals surface area contributed by atoms with E-state index in [2.05, 4.69) is 5.32 Å². The molecule has 3 unspecified atom stereocenters. The molecule has 1 rings (SSSR count). The molecule has 19 heavy (non-hydrogen) atoms. The molecule has 0 spiro atoms. The summed E-state index contributed by atoms with van der Waals surface area (Å²) >= 11 is 0. The fraction of sp³-hybridized carbons (Fsp3) is 0.750. The van der Waals surface area contributed by atoms with E-state index in [0.29, 0.717) is 19.4 Å². The molecule has 0 radical (unpaired) electrons. The Labute approximate surface area is 110 Å². The molecule has 1 amide bonds. The van der Waals surface area contributed by atoms with Crippen molar-refractivity contribution in [1.82, 2.24) is 5.32 Å². The van der Waals surface area contributed by atoms with E-state index in [1.807, 2.05) is 6.92 Å². The van der Waals surface area contributed by atoms with Crippen LogP contribution in [-0.2, 0) is 19.1 Å². The standard InChI is InChI=1S/C12H19NO6/c1-2-9-7(5-6-19-9)11(16)13-8(12(17)18)3-4-10(14)15/h7-9H,2-6H2,1H3,(H,13,16)(H,14,15)(H,17,18). The van der Waals surface area contributed by atoms with Crippen molar-refractivity contribution in [2.45, 2.75) is 44.8 Å². The van der Waals surface area contributed by atoms with Crippen molar-refractivity contribution in [2.75, 3.05) is 6.61 Å². The van der Waals surface area contributed by atoms with Crippen LogP contribution in [0.1, 0.15) is 32.6 Å². The van der Waals surface area contributed by atoms with Crippen LogP contribution in [0.15, 0.2) is 0 Å². The van der Waals surface area contributed by atoms with Gasteiger partial charge in [-0.15, -0.1) is 0 Å². The van der Waals surface area contributed by atoms with Crippen LogP contribution < -0.4 is 5.32 Å². The molecule has 1 aliphatic rings. The predicted molar refractivity (Wildman–Crippen MR) is 64.6 cm³/mol. The molecule has 7 nitrogen and oxygen atoms in total. The van der Waals surface area contributed by atoms with Gasteiger partial charge >= 0.3 is 11.9 Å². The number of amides is 1. The second-order valence-corrected chi connectivity index (χ2v) is 4.54. The molecular formula is C12H19NO6. The van der Waals surface area contributed by atoms with Gasteiger partial charge in [0.25, 0.3) is 0 Å². The lowest BCUT2D eigenvalue weighted by Crippen LogP contribution is -2.45. The van der Waals surface area contributed by atoms with Crippen molar-refractivity contribution in [3.05, 3.63) is 0 Å². The van der Waals surface area contributed by atoms with Gasteiger partial charge in [0.1, 0.15) is 6.04 Å². The molecule has 3 N–H and O–H groups in total. The monoisotopic (exact) mass is 273 g/mol. The average molecular weight is 273 g/mol. The maximum atomic E-state index is 12.0. The number of carboxylic acids is 2. The van der Waals surface area contributed by atoms with Crippen LogP contribution >= 0.6 is 0 Å². The molecule has 0 bridgehead atoms. The maximum Gasteiger partial charge on any atom is 0.326 e. The van der Waals surface area contributed by atoms with Gasteiger partial charge in [-0.1, -0.05) is 6.92 Å². The highest BCUT2D eigenvalue weighted by atomic mass is 16.5. The van der Waals surface area contributed by atoms with E-state index in [-0.39, 0.29) is 30.8 Å². The van der Waals surface area contributed by atoms with Gasteiger partial charge in [0.15, 0.2) is 0 Å². The summed E-state index contributed by atoms with van der Waals surface area (Å²) in [5.41, 5.74) is 0. The van der Waals surface area contributed by atoms with E-state index in [1.54, 1.807) is 0 Å². The summed E-state index contributed by atoms with van der Waals surface area (Å²) in [6.07, 6.45) is 0.644. The third-order valence-electron chi connectivity index (χ3n) is 3.21. The van der Waals surface area contributed by atoms with Gasteiger partial charge in [0.05, 0.1) is 12.0 Å².